The summed E-state index contributed by atoms with van der Waals surface area (Å²) in [7, 11) is -3.30. The Morgan fingerprint density at radius 2 is 1.94 bits per heavy atom. The van der Waals surface area contributed by atoms with Crippen LogP contribution in [0, 0.1) is 5.41 Å². The van der Waals surface area contributed by atoms with Crippen LogP contribution in [0.2, 0.25) is 0 Å². The fraction of sp³-hybridized carbons (Fsp3) is 0.538. The van der Waals surface area contributed by atoms with E-state index in [0.717, 1.165) is 5.56 Å². The van der Waals surface area contributed by atoms with Gasteiger partial charge in [-0.3, -0.25) is 0 Å². The van der Waals surface area contributed by atoms with Crippen molar-refractivity contribution in [2.24, 2.45) is 5.41 Å². The summed E-state index contributed by atoms with van der Waals surface area (Å²) in [4.78, 5) is 0. The maximum Gasteiger partial charge on any atom is 0.216 e. The SMILES string of the molecule is CC1(C)C(Cl)CC1NS(=O)(=O)Cc1ccccc1. The molecule has 1 fully saturated rings. The van der Waals surface area contributed by atoms with E-state index in [1.165, 1.54) is 0 Å². The summed E-state index contributed by atoms with van der Waals surface area (Å²) in [6, 6.07) is 9.12. The first-order valence-electron chi connectivity index (χ1n) is 5.99. The van der Waals surface area contributed by atoms with Gasteiger partial charge in [-0.2, -0.15) is 0 Å². The lowest BCUT2D eigenvalue weighted by Crippen LogP contribution is -2.59. The molecule has 0 spiro atoms. The third kappa shape index (κ3) is 2.87. The van der Waals surface area contributed by atoms with E-state index in [0.29, 0.717) is 6.42 Å². The highest BCUT2D eigenvalue weighted by Gasteiger charge is 2.48. The second-order valence-electron chi connectivity index (χ2n) is 5.44. The molecule has 5 heteroatoms. The van der Waals surface area contributed by atoms with Crippen LogP contribution in [0.25, 0.3) is 0 Å². The molecule has 0 saturated heterocycles. The average Bonchev–Trinajstić information content (AvgIpc) is 2.29. The Balaban J connectivity index is 2.01. The van der Waals surface area contributed by atoms with Gasteiger partial charge in [-0.15, -0.1) is 11.6 Å². The normalized spacial score (nSPS) is 26.6. The number of halogens is 1. The van der Waals surface area contributed by atoms with Crippen molar-refractivity contribution < 1.29 is 8.42 Å². The predicted molar refractivity (Wildman–Crippen MR) is 74.0 cm³/mol. The first kappa shape index (κ1) is 13.8. The Morgan fingerprint density at radius 3 is 2.44 bits per heavy atom. The van der Waals surface area contributed by atoms with Crippen LogP contribution in [-0.2, 0) is 15.8 Å². The standard InChI is InChI=1S/C13H18ClNO2S/c1-13(2)11(14)8-12(13)15-18(16,17)9-10-6-4-3-5-7-10/h3-7,11-12,15H,8-9H2,1-2H3. The largest absolute Gasteiger partial charge is 0.216 e. The average molecular weight is 288 g/mol. The fourth-order valence-corrected chi connectivity index (χ4v) is 4.00. The minimum atomic E-state index is -3.30. The van der Waals surface area contributed by atoms with Gasteiger partial charge in [0.15, 0.2) is 0 Å². The van der Waals surface area contributed by atoms with E-state index in [9.17, 15) is 8.42 Å². The van der Waals surface area contributed by atoms with Gasteiger partial charge in [-0.05, 0) is 17.4 Å². The Bertz CT molecular complexity index is 513. The minimum absolute atomic E-state index is 0.0212. The van der Waals surface area contributed by atoms with Crippen molar-refractivity contribution in [1.82, 2.24) is 4.72 Å². The molecule has 1 aliphatic rings. The molecule has 2 rings (SSSR count). The molecule has 0 radical (unpaired) electrons. The van der Waals surface area contributed by atoms with Crippen LogP contribution in [-0.4, -0.2) is 19.8 Å². The smallest absolute Gasteiger partial charge is 0.212 e. The van der Waals surface area contributed by atoms with E-state index in [-0.39, 0.29) is 22.6 Å². The summed E-state index contributed by atoms with van der Waals surface area (Å²) in [5, 5.41) is 0.0434. The molecule has 1 aromatic carbocycles. The number of sulfonamides is 1. The van der Waals surface area contributed by atoms with Crippen molar-refractivity contribution in [3.63, 3.8) is 0 Å². The molecule has 100 valence electrons. The predicted octanol–water partition coefficient (Wildman–Crippen LogP) is 2.51. The molecule has 1 N–H and O–H groups in total. The van der Waals surface area contributed by atoms with Crippen molar-refractivity contribution >= 4 is 21.6 Å². The summed E-state index contributed by atoms with van der Waals surface area (Å²) in [6.45, 7) is 3.98. The zero-order valence-corrected chi connectivity index (χ0v) is 12.1. The van der Waals surface area contributed by atoms with Crippen LogP contribution >= 0.6 is 11.6 Å². The fourth-order valence-electron chi connectivity index (χ4n) is 2.12. The molecule has 1 aromatic rings. The molecule has 18 heavy (non-hydrogen) atoms. The monoisotopic (exact) mass is 287 g/mol. The number of nitrogens with one attached hydrogen (secondary N) is 1. The quantitative estimate of drug-likeness (QED) is 0.865. The number of benzene rings is 1. The third-order valence-electron chi connectivity index (χ3n) is 3.67. The lowest BCUT2D eigenvalue weighted by Gasteiger charge is -2.49. The van der Waals surface area contributed by atoms with Crippen molar-refractivity contribution in [3.05, 3.63) is 35.9 Å². The Kier molecular flexibility index (Phi) is 3.72. The molecule has 0 heterocycles. The summed E-state index contributed by atoms with van der Waals surface area (Å²) < 4.78 is 26.8. The lowest BCUT2D eigenvalue weighted by molar-refractivity contribution is 0.137. The zero-order valence-electron chi connectivity index (χ0n) is 10.6. The number of alkyl halides is 1. The van der Waals surface area contributed by atoms with Crippen LogP contribution in [0.5, 0.6) is 0 Å². The van der Waals surface area contributed by atoms with Crippen LogP contribution in [0.3, 0.4) is 0 Å². The van der Waals surface area contributed by atoms with Gasteiger partial charge in [0.2, 0.25) is 10.0 Å². The number of hydrogen-bond donors (Lipinski definition) is 1. The van der Waals surface area contributed by atoms with E-state index in [4.69, 9.17) is 11.6 Å². The van der Waals surface area contributed by atoms with E-state index in [1.807, 2.05) is 44.2 Å². The second kappa shape index (κ2) is 4.83. The maximum absolute atomic E-state index is 12.0. The second-order valence-corrected chi connectivity index (χ2v) is 7.72. The number of rotatable bonds is 4. The van der Waals surface area contributed by atoms with Crippen LogP contribution < -0.4 is 4.72 Å². The molecule has 2 unspecified atom stereocenters. The van der Waals surface area contributed by atoms with Gasteiger partial charge in [0.1, 0.15) is 0 Å². The summed E-state index contributed by atoms with van der Waals surface area (Å²) in [5.41, 5.74) is 0.621. The zero-order chi connectivity index (χ0) is 13.4. The topological polar surface area (TPSA) is 46.2 Å². The Labute approximate surface area is 114 Å². The summed E-state index contributed by atoms with van der Waals surface area (Å²) >= 11 is 6.09. The van der Waals surface area contributed by atoms with Gasteiger partial charge in [0, 0.05) is 11.4 Å². The van der Waals surface area contributed by atoms with E-state index >= 15 is 0 Å². The summed E-state index contributed by atoms with van der Waals surface area (Å²) in [5.74, 6) is 0.0212. The van der Waals surface area contributed by atoms with Crippen molar-refractivity contribution in [1.29, 1.82) is 0 Å². The lowest BCUT2D eigenvalue weighted by atomic mass is 9.67. The van der Waals surface area contributed by atoms with Gasteiger partial charge in [0.25, 0.3) is 0 Å². The minimum Gasteiger partial charge on any atom is -0.212 e. The van der Waals surface area contributed by atoms with Gasteiger partial charge < -0.3 is 0 Å². The van der Waals surface area contributed by atoms with Crippen molar-refractivity contribution in [2.45, 2.75) is 37.4 Å². The van der Waals surface area contributed by atoms with Crippen LogP contribution in [0.4, 0.5) is 0 Å². The van der Waals surface area contributed by atoms with E-state index in [2.05, 4.69) is 4.72 Å². The molecule has 0 aromatic heterocycles. The van der Waals surface area contributed by atoms with E-state index < -0.39 is 10.0 Å². The van der Waals surface area contributed by atoms with Crippen molar-refractivity contribution in [2.75, 3.05) is 0 Å². The molecule has 0 amide bonds. The van der Waals surface area contributed by atoms with Gasteiger partial charge >= 0.3 is 0 Å². The van der Waals surface area contributed by atoms with Crippen LogP contribution in [0.1, 0.15) is 25.8 Å². The Hall–Kier alpha value is -0.580. The highest BCUT2D eigenvalue weighted by molar-refractivity contribution is 7.88. The van der Waals surface area contributed by atoms with Gasteiger partial charge in [-0.1, -0.05) is 44.2 Å². The van der Waals surface area contributed by atoms with Crippen molar-refractivity contribution in [3.8, 4) is 0 Å². The molecular formula is C13H18ClNO2S. The molecule has 1 aliphatic carbocycles. The summed E-state index contributed by atoms with van der Waals surface area (Å²) in [6.07, 6.45) is 0.697. The maximum atomic E-state index is 12.0. The highest BCUT2D eigenvalue weighted by Crippen LogP contribution is 2.44. The molecule has 3 nitrogen and oxygen atoms in total. The van der Waals surface area contributed by atoms with Gasteiger partial charge in [-0.25, -0.2) is 13.1 Å². The first-order chi connectivity index (χ1) is 8.31. The molecule has 2 atom stereocenters. The molecule has 0 aliphatic heterocycles. The highest BCUT2D eigenvalue weighted by atomic mass is 35.5. The third-order valence-corrected chi connectivity index (χ3v) is 5.77. The van der Waals surface area contributed by atoms with Crippen LogP contribution in [0.15, 0.2) is 30.3 Å². The molecular weight excluding hydrogens is 270 g/mol. The molecule has 0 bridgehead atoms. The first-order valence-corrected chi connectivity index (χ1v) is 8.08. The molecule has 1 saturated carbocycles. The number of hydrogen-bond acceptors (Lipinski definition) is 2. The van der Waals surface area contributed by atoms with Gasteiger partial charge in [0.05, 0.1) is 5.75 Å². The van der Waals surface area contributed by atoms with E-state index in [1.54, 1.807) is 0 Å². The Morgan fingerprint density at radius 1 is 1.33 bits per heavy atom.